The molecular formula is C16H17ClN2O2. The Bertz CT molecular complexity index is 602. The molecule has 5 heteroatoms. The van der Waals surface area contributed by atoms with E-state index in [0.29, 0.717) is 23.0 Å². The summed E-state index contributed by atoms with van der Waals surface area (Å²) in [6.45, 7) is 0.570. The van der Waals surface area contributed by atoms with E-state index < -0.39 is 0 Å². The van der Waals surface area contributed by atoms with Crippen LogP contribution < -0.4 is 15.4 Å². The number of nitrogens with one attached hydrogen (secondary N) is 2. The first-order valence-electron chi connectivity index (χ1n) is 6.61. The molecule has 0 aliphatic heterocycles. The number of hydrogen-bond acceptors (Lipinski definition) is 2. The summed E-state index contributed by atoms with van der Waals surface area (Å²) >= 11 is 5.93. The van der Waals surface area contributed by atoms with E-state index in [1.807, 2.05) is 30.3 Å². The Kier molecular flexibility index (Phi) is 5.46. The molecule has 0 saturated carbocycles. The molecule has 0 atom stereocenters. The first-order chi connectivity index (χ1) is 10.2. The van der Waals surface area contributed by atoms with Crippen molar-refractivity contribution in [3.05, 3.63) is 59.1 Å². The molecule has 2 rings (SSSR count). The molecule has 0 spiro atoms. The number of amides is 2. The van der Waals surface area contributed by atoms with Crippen molar-refractivity contribution in [3.8, 4) is 5.75 Å². The number of urea groups is 1. The first-order valence-corrected chi connectivity index (χ1v) is 6.99. The number of carbonyl (C=O) groups excluding carboxylic acids is 1. The number of methoxy groups -OCH3 is 1. The normalized spacial score (nSPS) is 10.0. The summed E-state index contributed by atoms with van der Waals surface area (Å²) in [5.74, 6) is 0.527. The predicted octanol–water partition coefficient (Wildman–Crippen LogP) is 3.71. The van der Waals surface area contributed by atoms with Crippen molar-refractivity contribution in [2.24, 2.45) is 0 Å². The molecule has 0 fully saturated rings. The molecular weight excluding hydrogens is 288 g/mol. The van der Waals surface area contributed by atoms with E-state index in [2.05, 4.69) is 10.6 Å². The average molecular weight is 305 g/mol. The lowest BCUT2D eigenvalue weighted by Gasteiger charge is -2.09. The fourth-order valence-corrected chi connectivity index (χ4v) is 2.07. The summed E-state index contributed by atoms with van der Waals surface area (Å²) < 4.78 is 5.10. The van der Waals surface area contributed by atoms with Crippen LogP contribution in [0.25, 0.3) is 0 Å². The van der Waals surface area contributed by atoms with Crippen LogP contribution in [0.4, 0.5) is 10.5 Å². The summed E-state index contributed by atoms with van der Waals surface area (Å²) in [4.78, 5) is 11.8. The minimum Gasteiger partial charge on any atom is -0.495 e. The highest BCUT2D eigenvalue weighted by Crippen LogP contribution is 2.27. The van der Waals surface area contributed by atoms with Crippen molar-refractivity contribution in [1.82, 2.24) is 5.32 Å². The minimum absolute atomic E-state index is 0.254. The van der Waals surface area contributed by atoms with Crippen LogP contribution in [0.15, 0.2) is 48.5 Å². The van der Waals surface area contributed by atoms with Crippen LogP contribution >= 0.6 is 11.6 Å². The second-order valence-corrected chi connectivity index (χ2v) is 4.87. The lowest BCUT2D eigenvalue weighted by atomic mass is 10.1. The Balaban J connectivity index is 1.82. The third kappa shape index (κ3) is 4.68. The molecule has 0 radical (unpaired) electrons. The molecule has 2 N–H and O–H groups in total. The van der Waals surface area contributed by atoms with Crippen molar-refractivity contribution in [2.45, 2.75) is 6.42 Å². The van der Waals surface area contributed by atoms with E-state index in [1.165, 1.54) is 12.7 Å². The topological polar surface area (TPSA) is 50.4 Å². The number of hydrogen-bond donors (Lipinski definition) is 2. The molecule has 2 amide bonds. The van der Waals surface area contributed by atoms with Crippen LogP contribution in [0, 0.1) is 0 Å². The second-order valence-electron chi connectivity index (χ2n) is 4.47. The van der Waals surface area contributed by atoms with Crippen LogP contribution in [0.2, 0.25) is 5.02 Å². The maximum Gasteiger partial charge on any atom is 0.319 e. The number of rotatable bonds is 5. The van der Waals surface area contributed by atoms with Gasteiger partial charge in [-0.15, -0.1) is 0 Å². The van der Waals surface area contributed by atoms with Crippen LogP contribution in [0.1, 0.15) is 5.56 Å². The van der Waals surface area contributed by atoms with Gasteiger partial charge in [-0.25, -0.2) is 4.79 Å². The predicted molar refractivity (Wildman–Crippen MR) is 85.2 cm³/mol. The van der Waals surface area contributed by atoms with Crippen LogP contribution in [-0.2, 0) is 6.42 Å². The fraction of sp³-hybridized carbons (Fsp3) is 0.188. The summed E-state index contributed by atoms with van der Waals surface area (Å²) in [5.41, 5.74) is 1.82. The zero-order valence-corrected chi connectivity index (χ0v) is 12.5. The van der Waals surface area contributed by atoms with Gasteiger partial charge in [-0.05, 0) is 24.1 Å². The van der Waals surface area contributed by atoms with Gasteiger partial charge in [0.15, 0.2) is 0 Å². The standard InChI is InChI=1S/C16H17ClN2O2/c1-21-15-11-13(7-8-14(15)17)19-16(20)18-10-9-12-5-3-2-4-6-12/h2-8,11H,9-10H2,1H3,(H2,18,19,20). The lowest BCUT2D eigenvalue weighted by Crippen LogP contribution is -2.30. The van der Waals surface area contributed by atoms with Crippen molar-refractivity contribution in [3.63, 3.8) is 0 Å². The van der Waals surface area contributed by atoms with Gasteiger partial charge in [-0.2, -0.15) is 0 Å². The molecule has 2 aromatic rings. The number of carbonyl (C=O) groups is 1. The second kappa shape index (κ2) is 7.55. The van der Waals surface area contributed by atoms with Gasteiger partial charge in [0.2, 0.25) is 0 Å². The molecule has 0 aromatic heterocycles. The number of halogens is 1. The van der Waals surface area contributed by atoms with Gasteiger partial charge in [-0.3, -0.25) is 0 Å². The highest BCUT2D eigenvalue weighted by Gasteiger charge is 2.05. The molecule has 110 valence electrons. The first kappa shape index (κ1) is 15.2. The van der Waals surface area contributed by atoms with Crippen LogP contribution in [-0.4, -0.2) is 19.7 Å². The number of anilines is 1. The average Bonchev–Trinajstić information content (AvgIpc) is 2.50. The zero-order valence-electron chi connectivity index (χ0n) is 11.7. The third-order valence-corrected chi connectivity index (χ3v) is 3.26. The van der Waals surface area contributed by atoms with Crippen molar-refractivity contribution in [1.29, 1.82) is 0 Å². The maximum absolute atomic E-state index is 11.8. The molecule has 0 saturated heterocycles. The highest BCUT2D eigenvalue weighted by atomic mass is 35.5. The lowest BCUT2D eigenvalue weighted by molar-refractivity contribution is 0.252. The minimum atomic E-state index is -0.254. The molecule has 0 aliphatic carbocycles. The Labute approximate surface area is 129 Å². The smallest absolute Gasteiger partial charge is 0.319 e. The van der Waals surface area contributed by atoms with Gasteiger partial charge in [0.1, 0.15) is 5.75 Å². The van der Waals surface area contributed by atoms with E-state index in [0.717, 1.165) is 6.42 Å². The van der Waals surface area contributed by atoms with E-state index in [-0.39, 0.29) is 6.03 Å². The van der Waals surface area contributed by atoms with Gasteiger partial charge >= 0.3 is 6.03 Å². The Morgan fingerprint density at radius 1 is 1.19 bits per heavy atom. The van der Waals surface area contributed by atoms with Gasteiger partial charge in [0.25, 0.3) is 0 Å². The third-order valence-electron chi connectivity index (χ3n) is 2.95. The molecule has 0 heterocycles. The molecule has 2 aromatic carbocycles. The van der Waals surface area contributed by atoms with Crippen molar-refractivity contribution >= 4 is 23.3 Å². The van der Waals surface area contributed by atoms with E-state index in [9.17, 15) is 4.79 Å². The molecule has 0 aliphatic rings. The van der Waals surface area contributed by atoms with Crippen molar-refractivity contribution < 1.29 is 9.53 Å². The van der Waals surface area contributed by atoms with Crippen LogP contribution in [0.5, 0.6) is 5.75 Å². The molecule has 0 bridgehead atoms. The Morgan fingerprint density at radius 3 is 2.67 bits per heavy atom. The van der Waals surface area contributed by atoms with E-state index in [4.69, 9.17) is 16.3 Å². The quantitative estimate of drug-likeness (QED) is 0.884. The zero-order chi connectivity index (χ0) is 15.1. The largest absolute Gasteiger partial charge is 0.495 e. The summed E-state index contributed by atoms with van der Waals surface area (Å²) in [6, 6.07) is 14.8. The molecule has 4 nitrogen and oxygen atoms in total. The number of ether oxygens (including phenoxy) is 1. The monoisotopic (exact) mass is 304 g/mol. The van der Waals surface area contributed by atoms with E-state index >= 15 is 0 Å². The molecule has 0 unspecified atom stereocenters. The summed E-state index contributed by atoms with van der Waals surface area (Å²) in [6.07, 6.45) is 0.790. The van der Waals surface area contributed by atoms with Gasteiger partial charge in [0, 0.05) is 18.3 Å². The SMILES string of the molecule is COc1cc(NC(=O)NCCc2ccccc2)ccc1Cl. The Morgan fingerprint density at radius 2 is 1.95 bits per heavy atom. The van der Waals surface area contributed by atoms with Gasteiger partial charge < -0.3 is 15.4 Å². The van der Waals surface area contributed by atoms with Crippen LogP contribution in [0.3, 0.4) is 0 Å². The van der Waals surface area contributed by atoms with Crippen molar-refractivity contribution in [2.75, 3.05) is 19.0 Å². The number of benzene rings is 2. The van der Waals surface area contributed by atoms with Gasteiger partial charge in [0.05, 0.1) is 12.1 Å². The maximum atomic E-state index is 11.8. The fourth-order valence-electron chi connectivity index (χ4n) is 1.88. The van der Waals surface area contributed by atoms with Gasteiger partial charge in [-0.1, -0.05) is 41.9 Å². The Hall–Kier alpha value is -2.20. The summed E-state index contributed by atoms with van der Waals surface area (Å²) in [5, 5.41) is 6.06. The molecule has 21 heavy (non-hydrogen) atoms. The van der Waals surface area contributed by atoms with E-state index in [1.54, 1.807) is 18.2 Å². The summed E-state index contributed by atoms with van der Waals surface area (Å²) in [7, 11) is 1.53. The highest BCUT2D eigenvalue weighted by molar-refractivity contribution is 6.32.